The fourth-order valence-corrected chi connectivity index (χ4v) is 4.48. The lowest BCUT2D eigenvalue weighted by Gasteiger charge is -2.13. The minimum atomic E-state index is 0.00815. The van der Waals surface area contributed by atoms with Crippen LogP contribution in [0.2, 0.25) is 0 Å². The molecule has 0 atom stereocenters. The smallest absolute Gasteiger partial charge is 0.262 e. The van der Waals surface area contributed by atoms with E-state index in [2.05, 4.69) is 43.3 Å². The van der Waals surface area contributed by atoms with Crippen molar-refractivity contribution < 1.29 is 4.74 Å². The number of hydrogen-bond donors (Lipinski definition) is 0. The summed E-state index contributed by atoms with van der Waals surface area (Å²) < 4.78 is 7.03. The second kappa shape index (κ2) is 8.72. The van der Waals surface area contributed by atoms with Crippen molar-refractivity contribution in [3.05, 3.63) is 87.3 Å². The van der Waals surface area contributed by atoms with Gasteiger partial charge in [-0.2, -0.15) is 0 Å². The number of fused-ring (bicyclic) bond motifs is 1. The summed E-state index contributed by atoms with van der Waals surface area (Å²) in [6.45, 7) is 3.10. The summed E-state index contributed by atoms with van der Waals surface area (Å²) in [4.78, 5) is 19.2. The minimum absolute atomic E-state index is 0.00815. The van der Waals surface area contributed by atoms with Gasteiger partial charge in [0.05, 0.1) is 18.5 Å². The number of ether oxygens (including phenoxy) is 1. The van der Waals surface area contributed by atoms with Crippen LogP contribution in [0.5, 0.6) is 0 Å². The first-order valence-electron chi connectivity index (χ1n) is 9.84. The van der Waals surface area contributed by atoms with Gasteiger partial charge >= 0.3 is 0 Å². The molecule has 0 aliphatic carbocycles. The van der Waals surface area contributed by atoms with Crippen molar-refractivity contribution in [2.24, 2.45) is 0 Å². The van der Waals surface area contributed by atoms with E-state index in [4.69, 9.17) is 9.72 Å². The molecule has 0 spiro atoms. The molecule has 4 aromatic rings. The molecule has 0 saturated carbocycles. The summed E-state index contributed by atoms with van der Waals surface area (Å²) in [5, 5.41) is 2.75. The van der Waals surface area contributed by atoms with E-state index >= 15 is 0 Å². The zero-order valence-electron chi connectivity index (χ0n) is 16.7. The summed E-state index contributed by atoms with van der Waals surface area (Å²) in [6.07, 6.45) is 1.62. The molecule has 0 aliphatic rings. The van der Waals surface area contributed by atoms with Crippen LogP contribution in [0.25, 0.3) is 21.3 Å². The van der Waals surface area contributed by atoms with Crippen LogP contribution in [0.3, 0.4) is 0 Å². The van der Waals surface area contributed by atoms with Crippen molar-refractivity contribution in [1.82, 2.24) is 9.55 Å². The van der Waals surface area contributed by atoms with E-state index in [-0.39, 0.29) is 5.56 Å². The summed E-state index contributed by atoms with van der Waals surface area (Å²) >= 11 is 1.53. The van der Waals surface area contributed by atoms with Gasteiger partial charge in [0, 0.05) is 24.5 Å². The predicted molar refractivity (Wildman–Crippen MR) is 120 cm³/mol. The summed E-state index contributed by atoms with van der Waals surface area (Å²) in [5.41, 5.74) is 4.45. The first-order valence-corrected chi connectivity index (χ1v) is 10.7. The molecule has 2 heterocycles. The molecule has 4 rings (SSSR count). The van der Waals surface area contributed by atoms with Gasteiger partial charge in [-0.1, -0.05) is 61.5 Å². The molecule has 29 heavy (non-hydrogen) atoms. The number of hydrogen-bond acceptors (Lipinski definition) is 4. The zero-order valence-corrected chi connectivity index (χ0v) is 17.5. The fraction of sp³-hybridized carbons (Fsp3) is 0.250. The molecule has 0 saturated heterocycles. The van der Waals surface area contributed by atoms with Gasteiger partial charge in [0.2, 0.25) is 0 Å². The Morgan fingerprint density at radius 3 is 2.48 bits per heavy atom. The van der Waals surface area contributed by atoms with Gasteiger partial charge in [0.15, 0.2) is 0 Å². The average molecular weight is 405 g/mol. The third-order valence-corrected chi connectivity index (χ3v) is 6.04. The lowest BCUT2D eigenvalue weighted by Crippen LogP contribution is -2.27. The van der Waals surface area contributed by atoms with E-state index in [9.17, 15) is 4.79 Å². The number of aryl methyl sites for hydroxylation is 1. The molecular formula is C24H24N2O2S. The van der Waals surface area contributed by atoms with Crippen LogP contribution in [-0.4, -0.2) is 23.3 Å². The number of methoxy groups -OCH3 is 1. The fourth-order valence-electron chi connectivity index (χ4n) is 3.53. The number of thiophene rings is 1. The van der Waals surface area contributed by atoms with Gasteiger partial charge in [0.1, 0.15) is 10.7 Å². The topological polar surface area (TPSA) is 44.1 Å². The number of nitrogens with zero attached hydrogens (tertiary/aromatic N) is 2. The van der Waals surface area contributed by atoms with Gasteiger partial charge in [-0.05, 0) is 23.1 Å². The van der Waals surface area contributed by atoms with Crippen LogP contribution in [0.4, 0.5) is 0 Å². The standard InChI is InChI=1S/C24H24N2O2S/c1-3-17-9-11-19(12-10-17)20-16-29-23-22(20)24(27)26(13-14-28-2)21(25-23)15-18-7-5-4-6-8-18/h4-12,16H,3,13-15H2,1-2H3. The number of rotatable bonds is 7. The SMILES string of the molecule is CCc1ccc(-c2csc3nc(Cc4ccccc4)n(CCOC)c(=O)c23)cc1. The Balaban J connectivity index is 1.84. The molecule has 0 aliphatic heterocycles. The predicted octanol–water partition coefficient (Wildman–Crippen LogP) is 4.92. The minimum Gasteiger partial charge on any atom is -0.383 e. The van der Waals surface area contributed by atoms with Crippen molar-refractivity contribution in [1.29, 1.82) is 0 Å². The zero-order chi connectivity index (χ0) is 20.2. The van der Waals surface area contributed by atoms with Gasteiger partial charge < -0.3 is 4.74 Å². The normalized spacial score (nSPS) is 11.2. The largest absolute Gasteiger partial charge is 0.383 e. The quantitative estimate of drug-likeness (QED) is 0.439. The van der Waals surface area contributed by atoms with Crippen molar-refractivity contribution in [3.8, 4) is 11.1 Å². The Morgan fingerprint density at radius 2 is 1.79 bits per heavy atom. The Hall–Kier alpha value is -2.76. The van der Waals surface area contributed by atoms with Gasteiger partial charge in [0.25, 0.3) is 5.56 Å². The molecule has 2 aromatic carbocycles. The third kappa shape index (κ3) is 4.02. The summed E-state index contributed by atoms with van der Waals surface area (Å²) in [7, 11) is 1.65. The maximum absolute atomic E-state index is 13.5. The maximum Gasteiger partial charge on any atom is 0.262 e. The second-order valence-electron chi connectivity index (χ2n) is 7.02. The highest BCUT2D eigenvalue weighted by Crippen LogP contribution is 2.31. The molecule has 2 aromatic heterocycles. The molecule has 0 fully saturated rings. The van der Waals surface area contributed by atoms with Crippen molar-refractivity contribution >= 4 is 21.6 Å². The van der Waals surface area contributed by atoms with E-state index in [1.165, 1.54) is 16.9 Å². The Labute approximate surface area is 174 Å². The van der Waals surface area contributed by atoms with Crippen molar-refractivity contribution in [2.75, 3.05) is 13.7 Å². The molecular weight excluding hydrogens is 380 g/mol. The third-order valence-electron chi connectivity index (χ3n) is 5.17. The monoisotopic (exact) mass is 404 g/mol. The lowest BCUT2D eigenvalue weighted by molar-refractivity contribution is 0.185. The Morgan fingerprint density at radius 1 is 1.03 bits per heavy atom. The molecule has 0 N–H and O–H groups in total. The first-order chi connectivity index (χ1) is 14.2. The van der Waals surface area contributed by atoms with Gasteiger partial charge in [-0.3, -0.25) is 9.36 Å². The number of benzene rings is 2. The van der Waals surface area contributed by atoms with Crippen LogP contribution in [0, 0.1) is 0 Å². The first kappa shape index (κ1) is 19.6. The molecule has 0 unspecified atom stereocenters. The molecule has 0 radical (unpaired) electrons. The van der Waals surface area contributed by atoms with Gasteiger partial charge in [-0.15, -0.1) is 11.3 Å². The van der Waals surface area contributed by atoms with Crippen molar-refractivity contribution in [3.63, 3.8) is 0 Å². The summed E-state index contributed by atoms with van der Waals surface area (Å²) in [5.74, 6) is 0.778. The Kier molecular flexibility index (Phi) is 5.88. The van der Waals surface area contributed by atoms with Crippen LogP contribution in [-0.2, 0) is 24.1 Å². The average Bonchev–Trinajstić information content (AvgIpc) is 3.18. The van der Waals surface area contributed by atoms with Gasteiger partial charge in [-0.25, -0.2) is 4.98 Å². The van der Waals surface area contributed by atoms with E-state index in [1.54, 1.807) is 11.7 Å². The molecule has 0 amide bonds. The molecule has 5 heteroatoms. The number of aromatic nitrogens is 2. The lowest BCUT2D eigenvalue weighted by atomic mass is 10.0. The summed E-state index contributed by atoms with van der Waals surface area (Å²) in [6, 6.07) is 18.6. The van der Waals surface area contributed by atoms with E-state index in [0.717, 1.165) is 33.8 Å². The highest BCUT2D eigenvalue weighted by atomic mass is 32.1. The molecule has 0 bridgehead atoms. The highest BCUT2D eigenvalue weighted by molar-refractivity contribution is 7.17. The Bertz CT molecular complexity index is 1160. The maximum atomic E-state index is 13.5. The van der Waals surface area contributed by atoms with E-state index < -0.39 is 0 Å². The second-order valence-corrected chi connectivity index (χ2v) is 7.88. The van der Waals surface area contributed by atoms with Crippen molar-refractivity contribution in [2.45, 2.75) is 26.3 Å². The van der Waals surface area contributed by atoms with E-state index in [0.29, 0.717) is 25.0 Å². The van der Waals surface area contributed by atoms with Crippen LogP contribution in [0.15, 0.2) is 64.8 Å². The molecule has 148 valence electrons. The van der Waals surface area contributed by atoms with Crippen LogP contribution in [0.1, 0.15) is 23.9 Å². The molecule has 4 nitrogen and oxygen atoms in total. The van der Waals surface area contributed by atoms with Crippen LogP contribution >= 0.6 is 11.3 Å². The van der Waals surface area contributed by atoms with E-state index in [1.807, 2.05) is 23.6 Å². The highest BCUT2D eigenvalue weighted by Gasteiger charge is 2.17. The van der Waals surface area contributed by atoms with Crippen LogP contribution < -0.4 is 5.56 Å².